The molecule has 1 fully saturated rings. The minimum Gasteiger partial charge on any atom is -0.335 e. The van der Waals surface area contributed by atoms with Crippen molar-refractivity contribution in [2.45, 2.75) is 25.3 Å². The Labute approximate surface area is 93.4 Å². The van der Waals surface area contributed by atoms with Crippen molar-refractivity contribution in [1.29, 1.82) is 10.5 Å². The fraction of sp³-hybridized carbons (Fsp3) is 0.600. The molecule has 0 unspecified atom stereocenters. The zero-order valence-corrected chi connectivity index (χ0v) is 8.77. The predicted molar refractivity (Wildman–Crippen MR) is 53.6 cm³/mol. The molecule has 6 heteroatoms. The SMILES string of the molecule is N#CCCN(C(=O)C(=O)NCC#N)C1CC1. The van der Waals surface area contributed by atoms with Gasteiger partial charge in [-0.05, 0) is 12.8 Å². The summed E-state index contributed by atoms with van der Waals surface area (Å²) in [7, 11) is 0. The Morgan fingerprint density at radius 3 is 2.50 bits per heavy atom. The van der Waals surface area contributed by atoms with E-state index >= 15 is 0 Å². The lowest BCUT2D eigenvalue weighted by Crippen LogP contribution is -2.44. The van der Waals surface area contributed by atoms with Crippen LogP contribution in [0.25, 0.3) is 0 Å². The number of amides is 2. The highest BCUT2D eigenvalue weighted by molar-refractivity contribution is 6.35. The zero-order valence-electron chi connectivity index (χ0n) is 8.77. The van der Waals surface area contributed by atoms with Gasteiger partial charge in [0.1, 0.15) is 6.54 Å². The standard InChI is InChI=1S/C10H12N4O2/c11-4-1-7-14(8-2-3-8)10(16)9(15)13-6-5-12/h8H,1-3,6-7H2,(H,13,15). The molecule has 1 aliphatic rings. The molecule has 0 heterocycles. The Morgan fingerprint density at radius 1 is 1.31 bits per heavy atom. The average Bonchev–Trinajstić information content (AvgIpc) is 3.10. The van der Waals surface area contributed by atoms with E-state index in [1.165, 1.54) is 4.90 Å². The zero-order chi connectivity index (χ0) is 12.0. The molecule has 1 rings (SSSR count). The summed E-state index contributed by atoms with van der Waals surface area (Å²) < 4.78 is 0. The normalized spacial score (nSPS) is 13.4. The van der Waals surface area contributed by atoms with Crippen LogP contribution in [0.5, 0.6) is 0 Å². The number of hydrogen-bond donors (Lipinski definition) is 1. The fourth-order valence-corrected chi connectivity index (χ4v) is 1.33. The molecule has 0 bridgehead atoms. The molecule has 0 spiro atoms. The first-order valence-corrected chi connectivity index (χ1v) is 5.03. The van der Waals surface area contributed by atoms with Crippen molar-refractivity contribution in [3.63, 3.8) is 0 Å². The molecule has 0 aromatic heterocycles. The summed E-state index contributed by atoms with van der Waals surface area (Å²) in [4.78, 5) is 24.3. The lowest BCUT2D eigenvalue weighted by molar-refractivity contribution is -0.146. The summed E-state index contributed by atoms with van der Waals surface area (Å²) in [6, 6.07) is 3.76. The monoisotopic (exact) mass is 220 g/mol. The number of rotatable bonds is 4. The first-order chi connectivity index (χ1) is 7.70. The van der Waals surface area contributed by atoms with Crippen molar-refractivity contribution >= 4 is 11.8 Å². The van der Waals surface area contributed by atoms with Gasteiger partial charge in [0.05, 0.1) is 18.6 Å². The molecule has 84 valence electrons. The largest absolute Gasteiger partial charge is 0.335 e. The van der Waals surface area contributed by atoms with Gasteiger partial charge in [0.2, 0.25) is 0 Å². The lowest BCUT2D eigenvalue weighted by Gasteiger charge is -2.19. The molecule has 1 saturated carbocycles. The van der Waals surface area contributed by atoms with Crippen LogP contribution in [0, 0.1) is 22.7 Å². The Hall–Kier alpha value is -2.08. The van der Waals surface area contributed by atoms with Crippen molar-refractivity contribution in [2.24, 2.45) is 0 Å². The summed E-state index contributed by atoms with van der Waals surface area (Å²) in [5.41, 5.74) is 0. The number of carbonyl (C=O) groups excluding carboxylic acids is 2. The fourth-order valence-electron chi connectivity index (χ4n) is 1.33. The number of hydrogen-bond acceptors (Lipinski definition) is 4. The third kappa shape index (κ3) is 3.25. The summed E-state index contributed by atoms with van der Waals surface area (Å²) >= 11 is 0. The van der Waals surface area contributed by atoms with Gasteiger partial charge in [-0.3, -0.25) is 9.59 Å². The first-order valence-electron chi connectivity index (χ1n) is 5.03. The summed E-state index contributed by atoms with van der Waals surface area (Å²) in [5.74, 6) is -1.42. The minimum atomic E-state index is -0.772. The predicted octanol–water partition coefficient (Wildman–Crippen LogP) is -0.469. The second-order valence-electron chi connectivity index (χ2n) is 3.48. The van der Waals surface area contributed by atoms with Crippen LogP contribution in [-0.2, 0) is 9.59 Å². The molecular formula is C10H12N4O2. The Morgan fingerprint density at radius 2 is 2.00 bits per heavy atom. The second kappa shape index (κ2) is 5.72. The average molecular weight is 220 g/mol. The molecule has 0 aromatic carbocycles. The molecule has 6 nitrogen and oxygen atoms in total. The molecule has 2 amide bonds. The second-order valence-corrected chi connectivity index (χ2v) is 3.48. The molecule has 0 atom stereocenters. The van der Waals surface area contributed by atoms with Crippen molar-refractivity contribution in [3.05, 3.63) is 0 Å². The van der Waals surface area contributed by atoms with Gasteiger partial charge in [-0.1, -0.05) is 0 Å². The van der Waals surface area contributed by atoms with Crippen molar-refractivity contribution in [1.82, 2.24) is 10.2 Å². The van der Waals surface area contributed by atoms with Gasteiger partial charge >= 0.3 is 11.8 Å². The van der Waals surface area contributed by atoms with Crippen LogP contribution in [0.3, 0.4) is 0 Å². The Balaban J connectivity index is 2.50. The van der Waals surface area contributed by atoms with Gasteiger partial charge in [0.25, 0.3) is 0 Å². The van der Waals surface area contributed by atoms with Gasteiger partial charge in [-0.2, -0.15) is 10.5 Å². The van der Waals surface area contributed by atoms with Crippen LogP contribution in [-0.4, -0.2) is 35.8 Å². The summed E-state index contributed by atoms with van der Waals surface area (Å²) in [6.07, 6.45) is 1.97. The molecule has 0 aliphatic heterocycles. The van der Waals surface area contributed by atoms with Gasteiger partial charge in [-0.25, -0.2) is 0 Å². The van der Waals surface area contributed by atoms with Crippen molar-refractivity contribution < 1.29 is 9.59 Å². The molecular weight excluding hydrogens is 208 g/mol. The topological polar surface area (TPSA) is 97.0 Å². The summed E-state index contributed by atoms with van der Waals surface area (Å²) in [5, 5.41) is 18.9. The third-order valence-electron chi connectivity index (χ3n) is 2.24. The molecule has 0 aromatic rings. The molecule has 0 radical (unpaired) electrons. The van der Waals surface area contributed by atoms with E-state index in [1.807, 2.05) is 6.07 Å². The van der Waals surface area contributed by atoms with E-state index in [1.54, 1.807) is 6.07 Å². The third-order valence-corrected chi connectivity index (χ3v) is 2.24. The van der Waals surface area contributed by atoms with E-state index in [0.29, 0.717) is 0 Å². The maximum atomic E-state index is 11.6. The van der Waals surface area contributed by atoms with E-state index in [2.05, 4.69) is 5.32 Å². The lowest BCUT2D eigenvalue weighted by atomic mass is 10.3. The molecule has 1 aliphatic carbocycles. The van der Waals surface area contributed by atoms with Crippen LogP contribution in [0.4, 0.5) is 0 Å². The van der Waals surface area contributed by atoms with Crippen LogP contribution in [0.1, 0.15) is 19.3 Å². The quantitative estimate of drug-likeness (QED) is 0.511. The smallest absolute Gasteiger partial charge is 0.312 e. The minimum absolute atomic E-state index is 0.0914. The number of nitrogens with one attached hydrogen (secondary N) is 1. The van der Waals surface area contributed by atoms with Gasteiger partial charge in [-0.15, -0.1) is 0 Å². The van der Waals surface area contributed by atoms with Crippen LogP contribution in [0.15, 0.2) is 0 Å². The van der Waals surface area contributed by atoms with Crippen molar-refractivity contribution in [2.75, 3.05) is 13.1 Å². The highest BCUT2D eigenvalue weighted by Gasteiger charge is 2.34. The van der Waals surface area contributed by atoms with E-state index in [-0.39, 0.29) is 25.6 Å². The number of nitrogens with zero attached hydrogens (tertiary/aromatic N) is 3. The maximum absolute atomic E-state index is 11.6. The van der Waals surface area contributed by atoms with Crippen LogP contribution in [0.2, 0.25) is 0 Å². The van der Waals surface area contributed by atoms with Crippen LogP contribution < -0.4 is 5.32 Å². The Bertz CT molecular complexity index is 362. The van der Waals surface area contributed by atoms with E-state index in [4.69, 9.17) is 10.5 Å². The number of carbonyl (C=O) groups is 2. The van der Waals surface area contributed by atoms with Crippen LogP contribution >= 0.6 is 0 Å². The summed E-state index contributed by atoms with van der Waals surface area (Å²) in [6.45, 7) is 0.0985. The molecule has 1 N–H and O–H groups in total. The Kier molecular flexibility index (Phi) is 4.28. The van der Waals surface area contributed by atoms with Gasteiger partial charge < -0.3 is 10.2 Å². The van der Waals surface area contributed by atoms with Gasteiger partial charge in [0, 0.05) is 12.6 Å². The van der Waals surface area contributed by atoms with Crippen molar-refractivity contribution in [3.8, 4) is 12.1 Å². The first kappa shape index (κ1) is 12.0. The molecule has 16 heavy (non-hydrogen) atoms. The van der Waals surface area contributed by atoms with Gasteiger partial charge in [0.15, 0.2) is 0 Å². The van der Waals surface area contributed by atoms with E-state index < -0.39 is 11.8 Å². The number of nitriles is 2. The maximum Gasteiger partial charge on any atom is 0.312 e. The van der Waals surface area contributed by atoms with E-state index in [9.17, 15) is 9.59 Å². The molecule has 0 saturated heterocycles. The highest BCUT2D eigenvalue weighted by atomic mass is 16.2. The highest BCUT2D eigenvalue weighted by Crippen LogP contribution is 2.26. The van der Waals surface area contributed by atoms with E-state index in [0.717, 1.165) is 12.8 Å².